The Morgan fingerprint density at radius 2 is 1.88 bits per heavy atom. The lowest BCUT2D eigenvalue weighted by atomic mass is 9.94. The number of hydrogen-bond acceptors (Lipinski definition) is 2. The number of nitrogens with zero attached hydrogens (tertiary/aromatic N) is 1. The van der Waals surface area contributed by atoms with E-state index >= 15 is 0 Å². The first kappa shape index (κ1) is 13.1. The average molecular weight is 239 g/mol. The molecule has 1 amide bonds. The van der Waals surface area contributed by atoms with E-state index < -0.39 is 18.8 Å². The zero-order chi connectivity index (χ0) is 12.2. The number of methoxy groups -OCH3 is 1. The third-order valence-electron chi connectivity index (χ3n) is 2.77. The van der Waals surface area contributed by atoms with Gasteiger partial charge in [-0.25, -0.2) is 4.79 Å². The van der Waals surface area contributed by atoms with E-state index in [4.69, 9.17) is 0 Å². The van der Waals surface area contributed by atoms with Crippen molar-refractivity contribution in [1.82, 2.24) is 4.90 Å². The summed E-state index contributed by atoms with van der Waals surface area (Å²) < 4.78 is 41.3. The zero-order valence-corrected chi connectivity index (χ0v) is 9.22. The van der Waals surface area contributed by atoms with Crippen LogP contribution in [0.25, 0.3) is 0 Å². The molecule has 0 heterocycles. The van der Waals surface area contributed by atoms with E-state index in [9.17, 15) is 18.0 Å². The standard InChI is InChI=1S/C10H16F3NO2/c1-16-9(15)14(7-10(11,12)13)8-5-3-2-4-6-8/h8H,2-7H2,1H3. The van der Waals surface area contributed by atoms with Crippen molar-refractivity contribution < 1.29 is 22.7 Å². The van der Waals surface area contributed by atoms with Gasteiger partial charge in [0, 0.05) is 6.04 Å². The van der Waals surface area contributed by atoms with E-state index in [0.717, 1.165) is 31.3 Å². The molecular weight excluding hydrogens is 223 g/mol. The first-order valence-electron chi connectivity index (χ1n) is 5.35. The van der Waals surface area contributed by atoms with Crippen LogP contribution in [0.15, 0.2) is 0 Å². The fourth-order valence-electron chi connectivity index (χ4n) is 2.05. The first-order valence-corrected chi connectivity index (χ1v) is 5.35. The van der Waals surface area contributed by atoms with Gasteiger partial charge in [-0.05, 0) is 12.8 Å². The van der Waals surface area contributed by atoms with Crippen molar-refractivity contribution in [3.63, 3.8) is 0 Å². The van der Waals surface area contributed by atoms with Crippen molar-refractivity contribution in [3.05, 3.63) is 0 Å². The van der Waals surface area contributed by atoms with E-state index in [1.165, 1.54) is 0 Å². The van der Waals surface area contributed by atoms with Gasteiger partial charge in [-0.3, -0.25) is 4.90 Å². The van der Waals surface area contributed by atoms with Crippen LogP contribution in [-0.2, 0) is 4.74 Å². The van der Waals surface area contributed by atoms with Crippen LogP contribution < -0.4 is 0 Å². The molecule has 94 valence electrons. The van der Waals surface area contributed by atoms with Gasteiger partial charge in [0.05, 0.1) is 7.11 Å². The highest BCUT2D eigenvalue weighted by molar-refractivity contribution is 5.67. The van der Waals surface area contributed by atoms with Crippen molar-refractivity contribution in [1.29, 1.82) is 0 Å². The second kappa shape index (κ2) is 5.41. The molecule has 0 spiro atoms. The summed E-state index contributed by atoms with van der Waals surface area (Å²) >= 11 is 0. The van der Waals surface area contributed by atoms with Crippen molar-refractivity contribution in [2.45, 2.75) is 44.3 Å². The Morgan fingerprint density at radius 1 is 1.31 bits per heavy atom. The number of alkyl halides is 3. The van der Waals surface area contributed by atoms with Gasteiger partial charge in [0.2, 0.25) is 0 Å². The maximum Gasteiger partial charge on any atom is 0.410 e. The highest BCUT2D eigenvalue weighted by Crippen LogP contribution is 2.26. The molecule has 0 aliphatic heterocycles. The van der Waals surface area contributed by atoms with Gasteiger partial charge in [0.25, 0.3) is 0 Å². The van der Waals surface area contributed by atoms with Gasteiger partial charge in [-0.2, -0.15) is 13.2 Å². The summed E-state index contributed by atoms with van der Waals surface area (Å²) in [6.45, 7) is -1.22. The van der Waals surface area contributed by atoms with Gasteiger partial charge >= 0.3 is 12.3 Å². The van der Waals surface area contributed by atoms with E-state index in [1.54, 1.807) is 0 Å². The Hall–Kier alpha value is -0.940. The summed E-state index contributed by atoms with van der Waals surface area (Å²) in [7, 11) is 1.11. The second-order valence-electron chi connectivity index (χ2n) is 4.00. The lowest BCUT2D eigenvalue weighted by Gasteiger charge is -2.33. The Morgan fingerprint density at radius 3 is 2.31 bits per heavy atom. The second-order valence-corrected chi connectivity index (χ2v) is 4.00. The molecule has 0 aromatic heterocycles. The van der Waals surface area contributed by atoms with Crippen molar-refractivity contribution in [3.8, 4) is 0 Å². The van der Waals surface area contributed by atoms with E-state index in [1.807, 2.05) is 0 Å². The molecule has 0 atom stereocenters. The average Bonchev–Trinajstić information content (AvgIpc) is 2.25. The van der Waals surface area contributed by atoms with Crippen LogP contribution in [0.4, 0.5) is 18.0 Å². The van der Waals surface area contributed by atoms with Crippen LogP contribution >= 0.6 is 0 Å². The van der Waals surface area contributed by atoms with Crippen molar-refractivity contribution in [2.75, 3.05) is 13.7 Å². The normalized spacial score (nSPS) is 18.2. The fraction of sp³-hybridized carbons (Fsp3) is 0.900. The van der Waals surface area contributed by atoms with Gasteiger partial charge < -0.3 is 4.74 Å². The van der Waals surface area contributed by atoms with Crippen molar-refractivity contribution in [2.24, 2.45) is 0 Å². The number of ether oxygens (including phenoxy) is 1. The van der Waals surface area contributed by atoms with Crippen LogP contribution in [0.5, 0.6) is 0 Å². The Balaban J connectivity index is 2.65. The van der Waals surface area contributed by atoms with Gasteiger partial charge in [-0.1, -0.05) is 19.3 Å². The third-order valence-corrected chi connectivity index (χ3v) is 2.77. The van der Waals surface area contributed by atoms with Crippen molar-refractivity contribution >= 4 is 6.09 Å². The van der Waals surface area contributed by atoms with Crippen LogP contribution in [0, 0.1) is 0 Å². The molecule has 6 heteroatoms. The monoisotopic (exact) mass is 239 g/mol. The maximum absolute atomic E-state index is 12.3. The predicted octanol–water partition coefficient (Wildman–Crippen LogP) is 2.95. The predicted molar refractivity (Wildman–Crippen MR) is 52.0 cm³/mol. The molecule has 1 fully saturated rings. The molecule has 0 aromatic rings. The van der Waals surface area contributed by atoms with E-state index in [0.29, 0.717) is 12.8 Å². The molecule has 1 rings (SSSR count). The minimum Gasteiger partial charge on any atom is -0.453 e. The van der Waals surface area contributed by atoms with Crippen LogP contribution in [-0.4, -0.2) is 36.9 Å². The zero-order valence-electron chi connectivity index (χ0n) is 9.22. The number of hydrogen-bond donors (Lipinski definition) is 0. The molecule has 0 radical (unpaired) electrons. The number of carbonyl (C=O) groups is 1. The SMILES string of the molecule is COC(=O)N(CC(F)(F)F)C1CCCCC1. The summed E-state index contributed by atoms with van der Waals surface area (Å²) in [5.41, 5.74) is 0. The minimum atomic E-state index is -4.37. The molecule has 1 aliphatic carbocycles. The highest BCUT2D eigenvalue weighted by Gasteiger charge is 2.37. The van der Waals surface area contributed by atoms with Crippen LogP contribution in [0.2, 0.25) is 0 Å². The first-order chi connectivity index (χ1) is 7.44. The van der Waals surface area contributed by atoms with Crippen LogP contribution in [0.1, 0.15) is 32.1 Å². The molecule has 0 N–H and O–H groups in total. The summed E-state index contributed by atoms with van der Waals surface area (Å²) in [5, 5.41) is 0. The minimum absolute atomic E-state index is 0.331. The molecule has 0 saturated heterocycles. The summed E-state index contributed by atoms with van der Waals surface area (Å²) in [6.07, 6.45) is -1.23. The number of carbonyl (C=O) groups excluding carboxylic acids is 1. The van der Waals surface area contributed by atoms with E-state index in [-0.39, 0.29) is 6.04 Å². The number of rotatable bonds is 2. The van der Waals surface area contributed by atoms with Gasteiger partial charge in [-0.15, -0.1) is 0 Å². The molecule has 3 nitrogen and oxygen atoms in total. The smallest absolute Gasteiger partial charge is 0.410 e. The van der Waals surface area contributed by atoms with Gasteiger partial charge in [0.1, 0.15) is 6.54 Å². The molecule has 1 aliphatic rings. The third kappa shape index (κ3) is 3.90. The van der Waals surface area contributed by atoms with Crippen LogP contribution in [0.3, 0.4) is 0 Å². The molecule has 0 unspecified atom stereocenters. The van der Waals surface area contributed by atoms with E-state index in [2.05, 4.69) is 4.74 Å². The summed E-state index contributed by atoms with van der Waals surface area (Å²) in [4.78, 5) is 12.1. The Labute approximate surface area is 92.5 Å². The Kier molecular flexibility index (Phi) is 4.44. The Bertz CT molecular complexity index is 237. The molecule has 1 saturated carbocycles. The van der Waals surface area contributed by atoms with Gasteiger partial charge in [0.15, 0.2) is 0 Å². The summed E-state index contributed by atoms with van der Waals surface area (Å²) in [5.74, 6) is 0. The molecule has 0 bridgehead atoms. The lowest BCUT2D eigenvalue weighted by Crippen LogP contribution is -2.46. The fourth-order valence-corrected chi connectivity index (χ4v) is 2.05. The summed E-state index contributed by atoms with van der Waals surface area (Å²) in [6, 6.07) is -0.331. The number of halogens is 3. The number of amides is 1. The quantitative estimate of drug-likeness (QED) is 0.741. The maximum atomic E-state index is 12.3. The molecule has 0 aromatic carbocycles. The molecule has 16 heavy (non-hydrogen) atoms. The topological polar surface area (TPSA) is 29.5 Å². The highest BCUT2D eigenvalue weighted by atomic mass is 19.4. The molecular formula is C10H16F3NO2. The largest absolute Gasteiger partial charge is 0.453 e. The lowest BCUT2D eigenvalue weighted by molar-refractivity contribution is -0.147.